The van der Waals surface area contributed by atoms with Crippen LogP contribution in [0.25, 0.3) is 0 Å². The van der Waals surface area contributed by atoms with Crippen molar-refractivity contribution in [3.63, 3.8) is 0 Å². The number of carbonyl (C=O) groups is 1. The molecule has 1 aromatic rings. The molecule has 0 saturated heterocycles. The van der Waals surface area contributed by atoms with Crippen LogP contribution in [0.2, 0.25) is 0 Å². The highest BCUT2D eigenvalue weighted by molar-refractivity contribution is 5.81. The van der Waals surface area contributed by atoms with Gasteiger partial charge in [-0.25, -0.2) is 0 Å². The third-order valence-corrected chi connectivity index (χ3v) is 3.17. The number of hydrogen-bond acceptors (Lipinski definition) is 3. The molecule has 0 aliphatic rings. The van der Waals surface area contributed by atoms with Crippen LogP contribution in [0.4, 0.5) is 0 Å². The summed E-state index contributed by atoms with van der Waals surface area (Å²) in [6, 6.07) is 7.26. The molecule has 118 valence electrons. The Hall–Kier alpha value is -1.55. The van der Waals surface area contributed by atoms with Crippen molar-refractivity contribution < 1.29 is 9.53 Å². The van der Waals surface area contributed by atoms with Crippen LogP contribution in [-0.2, 0) is 11.2 Å². The lowest BCUT2D eigenvalue weighted by Crippen LogP contribution is -2.42. The zero-order valence-corrected chi connectivity index (χ0v) is 13.4. The minimum Gasteiger partial charge on any atom is -0.491 e. The fourth-order valence-electron chi connectivity index (χ4n) is 2.04. The molecule has 4 nitrogen and oxygen atoms in total. The van der Waals surface area contributed by atoms with Gasteiger partial charge in [-0.1, -0.05) is 31.9 Å². The number of rotatable bonds is 9. The Bertz CT molecular complexity index is 415. The molecule has 4 heteroatoms. The normalized spacial score (nSPS) is 12.2. The van der Waals surface area contributed by atoms with Crippen LogP contribution >= 0.6 is 0 Å². The second-order valence-corrected chi connectivity index (χ2v) is 5.62. The van der Waals surface area contributed by atoms with Gasteiger partial charge in [-0.05, 0) is 44.4 Å². The second-order valence-electron chi connectivity index (χ2n) is 5.62. The first-order valence-electron chi connectivity index (χ1n) is 7.81. The molecule has 1 aromatic carbocycles. The fourth-order valence-corrected chi connectivity index (χ4v) is 2.04. The predicted molar refractivity (Wildman–Crippen MR) is 86.4 cm³/mol. The van der Waals surface area contributed by atoms with Gasteiger partial charge in [0, 0.05) is 6.54 Å². The maximum Gasteiger partial charge on any atom is 0.237 e. The predicted octanol–water partition coefficient (Wildman–Crippen LogP) is 2.65. The molecule has 0 spiro atoms. The minimum absolute atomic E-state index is 0.0754. The van der Waals surface area contributed by atoms with Crippen molar-refractivity contribution in [2.24, 2.45) is 5.73 Å². The van der Waals surface area contributed by atoms with E-state index in [1.54, 1.807) is 0 Å². The molecule has 1 amide bonds. The summed E-state index contributed by atoms with van der Waals surface area (Å²) < 4.78 is 5.59. The summed E-state index contributed by atoms with van der Waals surface area (Å²) in [5.74, 6) is 0.764. The van der Waals surface area contributed by atoms with E-state index < -0.39 is 6.04 Å². The molecule has 0 bridgehead atoms. The summed E-state index contributed by atoms with van der Waals surface area (Å²) in [6.45, 7) is 6.83. The Morgan fingerprint density at radius 2 is 1.90 bits per heavy atom. The molecule has 1 atom stereocenters. The van der Waals surface area contributed by atoms with Gasteiger partial charge in [0.1, 0.15) is 5.75 Å². The highest BCUT2D eigenvalue weighted by atomic mass is 16.5. The van der Waals surface area contributed by atoms with E-state index in [1.807, 2.05) is 38.1 Å². The SMILES string of the molecule is CCCCCNC(=O)C(N)Cc1ccc(OC(C)C)cc1. The molecule has 3 N–H and O–H groups in total. The van der Waals surface area contributed by atoms with Crippen LogP contribution in [0.5, 0.6) is 5.75 Å². The van der Waals surface area contributed by atoms with Gasteiger partial charge in [-0.2, -0.15) is 0 Å². The van der Waals surface area contributed by atoms with Gasteiger partial charge >= 0.3 is 0 Å². The zero-order valence-electron chi connectivity index (χ0n) is 13.4. The number of carbonyl (C=O) groups excluding carboxylic acids is 1. The van der Waals surface area contributed by atoms with E-state index in [9.17, 15) is 4.79 Å². The number of nitrogens with two attached hydrogens (primary N) is 1. The molecule has 0 saturated carbocycles. The first-order valence-corrected chi connectivity index (χ1v) is 7.81. The van der Waals surface area contributed by atoms with Gasteiger partial charge in [0.15, 0.2) is 0 Å². The Balaban J connectivity index is 2.39. The highest BCUT2D eigenvalue weighted by Gasteiger charge is 2.13. The molecule has 1 rings (SSSR count). The van der Waals surface area contributed by atoms with Crippen molar-refractivity contribution >= 4 is 5.91 Å². The quantitative estimate of drug-likeness (QED) is 0.688. The van der Waals surface area contributed by atoms with Crippen LogP contribution < -0.4 is 15.8 Å². The number of benzene rings is 1. The molecule has 1 unspecified atom stereocenters. The molecule has 0 aromatic heterocycles. The topological polar surface area (TPSA) is 64.4 Å². The van der Waals surface area contributed by atoms with E-state index >= 15 is 0 Å². The van der Waals surface area contributed by atoms with E-state index in [0.717, 1.165) is 30.6 Å². The molecule has 0 aliphatic heterocycles. The van der Waals surface area contributed by atoms with E-state index in [0.29, 0.717) is 13.0 Å². The minimum atomic E-state index is -0.497. The maximum atomic E-state index is 11.9. The number of ether oxygens (including phenoxy) is 1. The van der Waals surface area contributed by atoms with Crippen LogP contribution in [0, 0.1) is 0 Å². The maximum absolute atomic E-state index is 11.9. The molecule has 0 aliphatic carbocycles. The van der Waals surface area contributed by atoms with Crippen LogP contribution in [0.15, 0.2) is 24.3 Å². The standard InChI is InChI=1S/C17H28N2O2/c1-4-5-6-11-19-17(20)16(18)12-14-7-9-15(10-8-14)21-13(2)3/h7-10,13,16H,4-6,11-12,18H2,1-3H3,(H,19,20). The summed E-state index contributed by atoms with van der Waals surface area (Å²) in [6.07, 6.45) is 3.99. The number of amides is 1. The van der Waals surface area contributed by atoms with Crippen molar-refractivity contribution in [2.75, 3.05) is 6.54 Å². The summed E-state index contributed by atoms with van der Waals surface area (Å²) in [7, 11) is 0. The summed E-state index contributed by atoms with van der Waals surface area (Å²) >= 11 is 0. The van der Waals surface area contributed by atoms with Crippen molar-refractivity contribution in [1.29, 1.82) is 0 Å². The van der Waals surface area contributed by atoms with E-state index in [2.05, 4.69) is 12.2 Å². The first-order chi connectivity index (χ1) is 10.0. The van der Waals surface area contributed by atoms with Crippen molar-refractivity contribution in [3.05, 3.63) is 29.8 Å². The van der Waals surface area contributed by atoms with E-state index in [4.69, 9.17) is 10.5 Å². The summed E-state index contributed by atoms with van der Waals surface area (Å²) in [4.78, 5) is 11.9. The zero-order chi connectivity index (χ0) is 15.7. The molecular weight excluding hydrogens is 264 g/mol. The Labute approximate surface area is 128 Å². The first kappa shape index (κ1) is 17.5. The molecule has 0 fully saturated rings. The monoisotopic (exact) mass is 292 g/mol. The lowest BCUT2D eigenvalue weighted by molar-refractivity contribution is -0.122. The van der Waals surface area contributed by atoms with Gasteiger partial charge in [0.2, 0.25) is 5.91 Å². The Morgan fingerprint density at radius 3 is 2.48 bits per heavy atom. The van der Waals surface area contributed by atoms with E-state index in [1.165, 1.54) is 0 Å². The number of unbranched alkanes of at least 4 members (excludes halogenated alkanes) is 2. The van der Waals surface area contributed by atoms with Crippen molar-refractivity contribution in [1.82, 2.24) is 5.32 Å². The lowest BCUT2D eigenvalue weighted by atomic mass is 10.1. The third-order valence-electron chi connectivity index (χ3n) is 3.17. The van der Waals surface area contributed by atoms with Gasteiger partial charge in [0.25, 0.3) is 0 Å². The molecule has 21 heavy (non-hydrogen) atoms. The largest absolute Gasteiger partial charge is 0.491 e. The average molecular weight is 292 g/mol. The van der Waals surface area contributed by atoms with Gasteiger partial charge in [-0.15, -0.1) is 0 Å². The smallest absolute Gasteiger partial charge is 0.237 e. The third kappa shape index (κ3) is 7.14. The second kappa shape index (κ2) is 9.40. The van der Waals surface area contributed by atoms with Crippen LogP contribution in [0.1, 0.15) is 45.6 Å². The average Bonchev–Trinajstić information content (AvgIpc) is 2.45. The van der Waals surface area contributed by atoms with Crippen molar-refractivity contribution in [3.8, 4) is 5.75 Å². The molecule has 0 radical (unpaired) electrons. The van der Waals surface area contributed by atoms with E-state index in [-0.39, 0.29) is 12.0 Å². The lowest BCUT2D eigenvalue weighted by Gasteiger charge is -2.13. The van der Waals surface area contributed by atoms with Gasteiger partial charge < -0.3 is 15.8 Å². The molecular formula is C17H28N2O2. The summed E-state index contributed by atoms with van der Waals surface area (Å²) in [5, 5.41) is 2.89. The van der Waals surface area contributed by atoms with Gasteiger partial charge in [0.05, 0.1) is 12.1 Å². The number of hydrogen-bond donors (Lipinski definition) is 2. The summed E-state index contributed by atoms with van der Waals surface area (Å²) in [5.41, 5.74) is 6.98. The highest BCUT2D eigenvalue weighted by Crippen LogP contribution is 2.14. The van der Waals surface area contributed by atoms with Crippen LogP contribution in [0.3, 0.4) is 0 Å². The molecule has 0 heterocycles. The fraction of sp³-hybridized carbons (Fsp3) is 0.588. The Kier molecular flexibility index (Phi) is 7.83. The Morgan fingerprint density at radius 1 is 1.24 bits per heavy atom. The van der Waals surface area contributed by atoms with Crippen LogP contribution in [-0.4, -0.2) is 24.6 Å². The number of nitrogens with one attached hydrogen (secondary N) is 1. The van der Waals surface area contributed by atoms with Gasteiger partial charge in [-0.3, -0.25) is 4.79 Å². The van der Waals surface area contributed by atoms with Crippen molar-refractivity contribution in [2.45, 2.75) is 58.6 Å².